The molecule has 11 nitrogen and oxygen atoms in total. The molecular formula is C26H48O11. The normalized spacial score (nSPS) is 11.5. The van der Waals surface area contributed by atoms with Crippen molar-refractivity contribution < 1.29 is 52.2 Å². The van der Waals surface area contributed by atoms with Gasteiger partial charge in [0, 0.05) is 0 Å². The molecule has 0 atom stereocenters. The molecule has 37 heavy (non-hydrogen) atoms. The van der Waals surface area contributed by atoms with Crippen LogP contribution >= 0.6 is 0 Å². The van der Waals surface area contributed by atoms with Crippen molar-refractivity contribution in [3.8, 4) is 12.3 Å². The van der Waals surface area contributed by atoms with E-state index in [1.54, 1.807) is 0 Å². The number of rotatable bonds is 28. The van der Waals surface area contributed by atoms with Crippen molar-refractivity contribution in [2.24, 2.45) is 0 Å². The Labute approximate surface area is 222 Å². The van der Waals surface area contributed by atoms with Crippen molar-refractivity contribution >= 4 is 5.97 Å². The maximum Gasteiger partial charge on any atom is 0.308 e. The second-order valence-electron chi connectivity index (χ2n) is 8.49. The first kappa shape index (κ1) is 35.7. The van der Waals surface area contributed by atoms with Crippen LogP contribution in [0.15, 0.2) is 0 Å². The van der Waals surface area contributed by atoms with Gasteiger partial charge in [0.05, 0.1) is 119 Å². The predicted molar refractivity (Wildman–Crippen MR) is 137 cm³/mol. The first-order valence-electron chi connectivity index (χ1n) is 12.8. The molecule has 0 unspecified atom stereocenters. The molecule has 0 heterocycles. The molecule has 0 saturated heterocycles. The summed E-state index contributed by atoms with van der Waals surface area (Å²) >= 11 is 0. The zero-order valence-corrected chi connectivity index (χ0v) is 23.0. The fourth-order valence-electron chi connectivity index (χ4n) is 2.44. The van der Waals surface area contributed by atoms with Gasteiger partial charge in [-0.3, -0.25) is 4.79 Å². The zero-order valence-electron chi connectivity index (χ0n) is 23.0. The third kappa shape index (κ3) is 32.6. The molecule has 0 rings (SSSR count). The Morgan fingerprint density at radius 2 is 0.784 bits per heavy atom. The topological polar surface area (TPSA) is 109 Å². The minimum Gasteiger partial charge on any atom is -0.460 e. The molecule has 0 radical (unpaired) electrons. The molecule has 0 N–H and O–H groups in total. The summed E-state index contributed by atoms with van der Waals surface area (Å²) in [6.07, 6.45) is 5.30. The number of esters is 1. The van der Waals surface area contributed by atoms with Gasteiger partial charge in [-0.2, -0.15) is 0 Å². The van der Waals surface area contributed by atoms with E-state index in [-0.39, 0.29) is 12.4 Å². The molecule has 0 bridgehead atoms. The minimum absolute atomic E-state index is 0.234. The third-order valence-corrected chi connectivity index (χ3v) is 4.03. The summed E-state index contributed by atoms with van der Waals surface area (Å²) in [4.78, 5) is 11.5. The van der Waals surface area contributed by atoms with Gasteiger partial charge < -0.3 is 47.4 Å². The number of carbonyl (C=O) groups is 1. The van der Waals surface area contributed by atoms with E-state index in [1.807, 2.05) is 20.8 Å². The van der Waals surface area contributed by atoms with E-state index in [2.05, 4.69) is 5.92 Å². The third-order valence-electron chi connectivity index (χ3n) is 4.03. The summed E-state index contributed by atoms with van der Waals surface area (Å²) in [5.41, 5.74) is -0.470. The van der Waals surface area contributed by atoms with Crippen molar-refractivity contribution in [3.63, 3.8) is 0 Å². The molecule has 0 spiro atoms. The van der Waals surface area contributed by atoms with Gasteiger partial charge in [0.15, 0.2) is 0 Å². The number of hydrogen-bond acceptors (Lipinski definition) is 11. The Morgan fingerprint density at radius 3 is 1.05 bits per heavy atom. The van der Waals surface area contributed by atoms with Gasteiger partial charge in [0.1, 0.15) is 12.2 Å². The Bertz CT molecular complexity index is 532. The molecule has 0 amide bonds. The first-order chi connectivity index (χ1) is 18.0. The van der Waals surface area contributed by atoms with Gasteiger partial charge in [0.25, 0.3) is 0 Å². The van der Waals surface area contributed by atoms with Crippen LogP contribution in [-0.4, -0.2) is 130 Å². The van der Waals surface area contributed by atoms with Crippen LogP contribution in [0.4, 0.5) is 0 Å². The van der Waals surface area contributed by atoms with Crippen LogP contribution in [0.2, 0.25) is 0 Å². The number of terminal acetylenes is 1. The molecule has 11 heteroatoms. The highest BCUT2D eigenvalue weighted by Crippen LogP contribution is 2.08. The van der Waals surface area contributed by atoms with Crippen molar-refractivity contribution in [2.45, 2.75) is 32.8 Å². The van der Waals surface area contributed by atoms with Crippen LogP contribution in [0.25, 0.3) is 0 Å². The minimum atomic E-state index is -0.470. The number of carbonyl (C=O) groups excluding carboxylic acids is 1. The molecule has 218 valence electrons. The van der Waals surface area contributed by atoms with Crippen LogP contribution in [-0.2, 0) is 52.2 Å². The van der Waals surface area contributed by atoms with Gasteiger partial charge in [0.2, 0.25) is 0 Å². The average Bonchev–Trinajstić information content (AvgIpc) is 2.84. The van der Waals surface area contributed by atoms with E-state index in [0.717, 1.165) is 0 Å². The Balaban J connectivity index is 3.10. The largest absolute Gasteiger partial charge is 0.460 e. The lowest BCUT2D eigenvalue weighted by molar-refractivity contribution is -0.156. The van der Waals surface area contributed by atoms with Crippen LogP contribution < -0.4 is 0 Å². The maximum absolute atomic E-state index is 11.5. The molecule has 0 aromatic carbocycles. The Hall–Kier alpha value is -1.33. The Kier molecular flexibility index (Phi) is 26.7. The molecule has 0 aromatic rings. The highest BCUT2D eigenvalue weighted by molar-refractivity contribution is 5.69. The Morgan fingerprint density at radius 1 is 0.514 bits per heavy atom. The van der Waals surface area contributed by atoms with E-state index in [9.17, 15) is 4.79 Å². The predicted octanol–water partition coefficient (Wildman–Crippen LogP) is 1.50. The van der Waals surface area contributed by atoms with E-state index in [0.29, 0.717) is 119 Å². The van der Waals surface area contributed by atoms with E-state index >= 15 is 0 Å². The van der Waals surface area contributed by atoms with Crippen molar-refractivity contribution in [2.75, 3.05) is 119 Å². The van der Waals surface area contributed by atoms with E-state index in [1.165, 1.54) is 0 Å². The fraction of sp³-hybridized carbons (Fsp3) is 0.885. The van der Waals surface area contributed by atoms with Crippen molar-refractivity contribution in [3.05, 3.63) is 0 Å². The van der Waals surface area contributed by atoms with Gasteiger partial charge in [-0.1, -0.05) is 5.92 Å². The SMILES string of the molecule is C#CCOCCOCCOCCOCCOCCOCCOCCOCCOCCC(=O)OC(C)(C)C. The molecule has 0 aliphatic heterocycles. The second kappa shape index (κ2) is 27.7. The van der Waals surface area contributed by atoms with Gasteiger partial charge in [-0.25, -0.2) is 0 Å². The van der Waals surface area contributed by atoms with Gasteiger partial charge in [-0.15, -0.1) is 6.42 Å². The quantitative estimate of drug-likeness (QED) is 0.0824. The van der Waals surface area contributed by atoms with Crippen LogP contribution in [0.1, 0.15) is 27.2 Å². The summed E-state index contributed by atoms with van der Waals surface area (Å²) in [6.45, 7) is 14.0. The maximum atomic E-state index is 11.5. The zero-order chi connectivity index (χ0) is 27.3. The highest BCUT2D eigenvalue weighted by Gasteiger charge is 2.15. The molecule has 0 aliphatic carbocycles. The summed E-state index contributed by atoms with van der Waals surface area (Å²) in [5, 5.41) is 0. The highest BCUT2D eigenvalue weighted by atomic mass is 16.6. The summed E-state index contributed by atoms with van der Waals surface area (Å²) < 4.78 is 53.5. The summed E-state index contributed by atoms with van der Waals surface area (Å²) in [6, 6.07) is 0. The van der Waals surface area contributed by atoms with E-state index < -0.39 is 5.60 Å². The summed E-state index contributed by atoms with van der Waals surface area (Å²) in [5.74, 6) is 2.13. The van der Waals surface area contributed by atoms with Crippen molar-refractivity contribution in [1.29, 1.82) is 0 Å². The van der Waals surface area contributed by atoms with Crippen LogP contribution in [0.5, 0.6) is 0 Å². The standard InChI is InChI=1S/C26H48O11/c1-5-7-28-9-11-30-13-15-32-17-19-34-21-23-36-24-22-35-20-18-33-16-14-31-12-10-29-8-6-25(27)37-26(2,3)4/h1H,6-24H2,2-4H3. The monoisotopic (exact) mass is 536 g/mol. The lowest BCUT2D eigenvalue weighted by atomic mass is 10.2. The molecule has 0 aromatic heterocycles. The van der Waals surface area contributed by atoms with Gasteiger partial charge >= 0.3 is 5.97 Å². The van der Waals surface area contributed by atoms with E-state index in [4.69, 9.17) is 53.8 Å². The first-order valence-corrected chi connectivity index (χ1v) is 12.8. The smallest absolute Gasteiger partial charge is 0.308 e. The van der Waals surface area contributed by atoms with Crippen LogP contribution in [0, 0.1) is 12.3 Å². The summed E-state index contributed by atoms with van der Waals surface area (Å²) in [7, 11) is 0. The average molecular weight is 537 g/mol. The van der Waals surface area contributed by atoms with Crippen LogP contribution in [0.3, 0.4) is 0 Å². The fourth-order valence-corrected chi connectivity index (χ4v) is 2.44. The number of hydrogen-bond donors (Lipinski definition) is 0. The number of ether oxygens (including phenoxy) is 10. The lowest BCUT2D eigenvalue weighted by Gasteiger charge is -2.19. The molecular weight excluding hydrogens is 488 g/mol. The van der Waals surface area contributed by atoms with Crippen molar-refractivity contribution in [1.82, 2.24) is 0 Å². The molecule has 0 saturated carbocycles. The lowest BCUT2D eigenvalue weighted by Crippen LogP contribution is -2.24. The van der Waals surface area contributed by atoms with Gasteiger partial charge in [-0.05, 0) is 20.8 Å². The second-order valence-corrected chi connectivity index (χ2v) is 8.49. The molecule has 0 aliphatic rings. The molecule has 0 fully saturated rings.